The molecule has 10 rings (SSSR count). The number of benzene rings is 5. The predicted octanol–water partition coefficient (Wildman–Crippen LogP) is 7.50. The zero-order chi connectivity index (χ0) is 28.2. The Morgan fingerprint density at radius 3 is 1.95 bits per heavy atom. The fourth-order valence-corrected chi connectivity index (χ4v) is 8.23. The number of fused-ring (bicyclic) bond motifs is 14. The maximum absolute atomic E-state index is 2.59. The van der Waals surface area contributed by atoms with E-state index in [-0.39, 0.29) is 6.71 Å². The largest absolute Gasteiger partial charge is 0.323 e. The second-order valence-corrected chi connectivity index (χ2v) is 11.9. The van der Waals surface area contributed by atoms with Crippen LogP contribution in [-0.2, 0) is 6.54 Å². The first-order valence-corrected chi connectivity index (χ1v) is 15.4. The zero-order valence-corrected chi connectivity index (χ0v) is 24.0. The van der Waals surface area contributed by atoms with Gasteiger partial charge in [-0.25, -0.2) is 0 Å². The normalized spacial score (nSPS) is 13.7. The van der Waals surface area contributed by atoms with E-state index < -0.39 is 0 Å². The van der Waals surface area contributed by atoms with Gasteiger partial charge in [0.15, 0.2) is 0 Å². The molecule has 2 aliphatic rings. The van der Waals surface area contributed by atoms with Gasteiger partial charge in [0.05, 0.1) is 22.1 Å². The van der Waals surface area contributed by atoms with Gasteiger partial charge in [0, 0.05) is 39.3 Å². The lowest BCUT2D eigenvalue weighted by atomic mass is 9.34. The van der Waals surface area contributed by atoms with Gasteiger partial charge in [0.2, 0.25) is 0 Å². The fraction of sp³-hybridized carbons (Fsp3) is 0.0769. The van der Waals surface area contributed by atoms with Crippen LogP contribution in [0.15, 0.2) is 127 Å². The molecule has 4 heteroatoms. The van der Waals surface area contributed by atoms with Crippen molar-refractivity contribution in [3.8, 4) is 11.5 Å². The van der Waals surface area contributed by atoms with E-state index in [0.717, 1.165) is 13.0 Å². The van der Waals surface area contributed by atoms with E-state index in [2.05, 4.69) is 148 Å². The summed E-state index contributed by atoms with van der Waals surface area (Å²) in [4.78, 5) is 0. The Kier molecular flexibility index (Phi) is 4.58. The molecule has 202 valence electrons. The van der Waals surface area contributed by atoms with Crippen LogP contribution in [0.1, 0.15) is 13.3 Å². The monoisotopic (exact) mass is 549 g/mol. The predicted molar refractivity (Wildman–Crippen MR) is 184 cm³/mol. The molecule has 0 unspecified atom stereocenters. The average molecular weight is 549 g/mol. The number of hydrogen-bond acceptors (Lipinski definition) is 0. The molecular formula is C39H28BN3. The van der Waals surface area contributed by atoms with Crippen molar-refractivity contribution in [1.82, 2.24) is 13.7 Å². The Morgan fingerprint density at radius 1 is 0.581 bits per heavy atom. The summed E-state index contributed by atoms with van der Waals surface area (Å²) in [6, 6.07) is 38.6. The van der Waals surface area contributed by atoms with E-state index in [9.17, 15) is 0 Å². The van der Waals surface area contributed by atoms with Gasteiger partial charge >= 0.3 is 0 Å². The molecule has 0 saturated heterocycles. The highest BCUT2D eigenvalue weighted by Crippen LogP contribution is 2.42. The van der Waals surface area contributed by atoms with Crippen molar-refractivity contribution < 1.29 is 0 Å². The topological polar surface area (TPSA) is 14.8 Å². The van der Waals surface area contributed by atoms with Gasteiger partial charge in [0.25, 0.3) is 6.71 Å². The lowest BCUT2D eigenvalue weighted by Crippen LogP contribution is -2.59. The number of nitrogens with zero attached hydrogens (tertiary/aromatic N) is 3. The first-order chi connectivity index (χ1) is 21.4. The molecule has 0 fully saturated rings. The number of para-hydroxylation sites is 4. The third-order valence-electron chi connectivity index (χ3n) is 9.79. The summed E-state index contributed by atoms with van der Waals surface area (Å²) >= 11 is 0. The van der Waals surface area contributed by atoms with Gasteiger partial charge in [-0.15, -0.1) is 0 Å². The Bertz CT molecular complexity index is 2530. The maximum atomic E-state index is 2.59. The summed E-state index contributed by atoms with van der Waals surface area (Å²) in [6.45, 7) is 3.13. The van der Waals surface area contributed by atoms with Crippen LogP contribution in [0.3, 0.4) is 0 Å². The molecule has 43 heavy (non-hydrogen) atoms. The molecule has 0 radical (unpaired) electrons. The van der Waals surface area contributed by atoms with Crippen molar-refractivity contribution in [2.45, 2.75) is 19.9 Å². The van der Waals surface area contributed by atoms with E-state index >= 15 is 0 Å². The van der Waals surface area contributed by atoms with Crippen LogP contribution in [0.2, 0.25) is 0 Å². The second kappa shape index (κ2) is 8.42. The number of rotatable bonds is 4. The molecule has 5 heterocycles. The fourth-order valence-electron chi connectivity index (χ4n) is 8.23. The standard InChI is InChI=1S/C39H28BN3/c1-2-3-4-5-14-23-41-31-19-10-8-17-27(31)35-39(41)43-33-21-12-7-16-26(33)29-24-28-25-15-6-11-20-32(25)42-34-22-13-9-18-30(34)40(35)36(37(28)42)38(29)43/h3-22,24H,2,23H2,1H3/b4-3-,14-5-. The molecule has 0 amide bonds. The molecule has 0 atom stereocenters. The molecule has 3 aromatic heterocycles. The zero-order valence-electron chi connectivity index (χ0n) is 24.0. The lowest BCUT2D eigenvalue weighted by Gasteiger charge is -2.32. The molecule has 8 aromatic rings. The number of hydrogen-bond donors (Lipinski definition) is 0. The van der Waals surface area contributed by atoms with Gasteiger partial charge in [-0.3, -0.25) is 4.57 Å². The van der Waals surface area contributed by atoms with Gasteiger partial charge in [-0.2, -0.15) is 0 Å². The highest BCUT2D eigenvalue weighted by atomic mass is 15.2. The second-order valence-electron chi connectivity index (χ2n) is 11.9. The molecule has 5 aromatic carbocycles. The highest BCUT2D eigenvalue weighted by molar-refractivity contribution is 7.01. The van der Waals surface area contributed by atoms with Gasteiger partial charge < -0.3 is 9.13 Å². The van der Waals surface area contributed by atoms with Crippen molar-refractivity contribution in [3.05, 3.63) is 127 Å². The maximum Gasteiger partial charge on any atom is 0.255 e. The van der Waals surface area contributed by atoms with Crippen LogP contribution in [0.5, 0.6) is 0 Å². The summed E-state index contributed by atoms with van der Waals surface area (Å²) in [7, 11) is 0. The molecular weight excluding hydrogens is 521 g/mol. The van der Waals surface area contributed by atoms with Gasteiger partial charge in [0.1, 0.15) is 5.82 Å². The minimum atomic E-state index is 0.140. The minimum absolute atomic E-state index is 0.140. The molecule has 0 spiro atoms. The van der Waals surface area contributed by atoms with Crippen LogP contribution < -0.4 is 16.4 Å². The van der Waals surface area contributed by atoms with E-state index in [4.69, 9.17) is 0 Å². The van der Waals surface area contributed by atoms with Crippen LogP contribution in [0, 0.1) is 0 Å². The number of aromatic nitrogens is 3. The van der Waals surface area contributed by atoms with Crippen molar-refractivity contribution >= 4 is 77.6 Å². The quantitative estimate of drug-likeness (QED) is 0.160. The van der Waals surface area contributed by atoms with Crippen LogP contribution in [0.25, 0.3) is 66.0 Å². The van der Waals surface area contributed by atoms with Crippen molar-refractivity contribution in [3.63, 3.8) is 0 Å². The van der Waals surface area contributed by atoms with E-state index in [1.165, 1.54) is 82.4 Å². The Balaban J connectivity index is 1.46. The van der Waals surface area contributed by atoms with Crippen LogP contribution in [-0.4, -0.2) is 20.4 Å². The first kappa shape index (κ1) is 23.4. The molecule has 0 saturated carbocycles. The first-order valence-electron chi connectivity index (χ1n) is 15.4. The highest BCUT2D eigenvalue weighted by Gasteiger charge is 2.43. The summed E-state index contributed by atoms with van der Waals surface area (Å²) in [5.74, 6) is 1.30. The van der Waals surface area contributed by atoms with Crippen molar-refractivity contribution in [2.75, 3.05) is 0 Å². The Hall–Kier alpha value is -5.22. The summed E-state index contributed by atoms with van der Waals surface area (Å²) in [5, 5.41) is 6.66. The molecule has 3 nitrogen and oxygen atoms in total. The number of allylic oxidation sites excluding steroid dienone is 4. The Labute approximate surface area is 249 Å². The lowest BCUT2D eigenvalue weighted by molar-refractivity contribution is 0.825. The molecule has 2 aliphatic heterocycles. The van der Waals surface area contributed by atoms with Crippen LogP contribution in [0.4, 0.5) is 0 Å². The minimum Gasteiger partial charge on any atom is -0.323 e. The summed E-state index contributed by atoms with van der Waals surface area (Å²) in [6.07, 6.45) is 9.92. The van der Waals surface area contributed by atoms with E-state index in [1.54, 1.807) is 0 Å². The van der Waals surface area contributed by atoms with Gasteiger partial charge in [-0.1, -0.05) is 104 Å². The van der Waals surface area contributed by atoms with Crippen LogP contribution >= 0.6 is 0 Å². The third-order valence-corrected chi connectivity index (χ3v) is 9.79. The molecule has 0 bridgehead atoms. The third kappa shape index (κ3) is 2.81. The van der Waals surface area contributed by atoms with Crippen molar-refractivity contribution in [1.29, 1.82) is 0 Å². The van der Waals surface area contributed by atoms with Crippen molar-refractivity contribution in [2.24, 2.45) is 0 Å². The van der Waals surface area contributed by atoms with E-state index in [1.807, 2.05) is 0 Å². The Morgan fingerprint density at radius 2 is 1.19 bits per heavy atom. The summed E-state index contributed by atoms with van der Waals surface area (Å²) < 4.78 is 7.68. The van der Waals surface area contributed by atoms with E-state index in [0.29, 0.717) is 0 Å². The average Bonchev–Trinajstić information content (AvgIpc) is 3.69. The van der Waals surface area contributed by atoms with Gasteiger partial charge in [-0.05, 0) is 58.5 Å². The summed E-state index contributed by atoms with van der Waals surface area (Å²) in [5.41, 5.74) is 12.1. The molecule has 0 N–H and O–H groups in total. The smallest absolute Gasteiger partial charge is 0.255 e. The SMILES string of the molecule is CC/C=C\C=C/Cn1c2c(c3ccccc31)B1c3ccccc3-n3c4ccccc4c4cc5c6ccccc6n-2c5c1c43. The molecule has 0 aliphatic carbocycles.